The van der Waals surface area contributed by atoms with Crippen LogP contribution in [0.25, 0.3) is 0 Å². The first kappa shape index (κ1) is 19.7. The van der Waals surface area contributed by atoms with Gasteiger partial charge in [0.05, 0.1) is 11.9 Å². The molecule has 0 saturated heterocycles. The Morgan fingerprint density at radius 3 is 2.07 bits per heavy atom. The summed E-state index contributed by atoms with van der Waals surface area (Å²) in [5.74, 6) is 2.01. The van der Waals surface area contributed by atoms with Crippen molar-refractivity contribution in [2.24, 2.45) is 17.8 Å². The Kier molecular flexibility index (Phi) is 4.76. The molecule has 154 valence electrons. The third kappa shape index (κ3) is 3.56. The number of amides is 1. The molecule has 4 bridgehead atoms. The van der Waals surface area contributed by atoms with E-state index in [9.17, 15) is 13.2 Å². The fourth-order valence-electron chi connectivity index (χ4n) is 6.30. The predicted octanol–water partition coefficient (Wildman–Crippen LogP) is 3.54. The second-order valence-corrected chi connectivity index (χ2v) is 11.5. The van der Waals surface area contributed by atoms with Gasteiger partial charge in [-0.25, -0.2) is 8.42 Å². The highest BCUT2D eigenvalue weighted by atomic mass is 32.2. The number of carbonyl (C=O) groups excluding carboxylic acids is 1. The van der Waals surface area contributed by atoms with Crippen molar-refractivity contribution in [2.75, 3.05) is 10.6 Å². The lowest BCUT2D eigenvalue weighted by molar-refractivity contribution is -0.127. The van der Waals surface area contributed by atoms with Crippen molar-refractivity contribution >= 4 is 21.6 Å². The Labute approximate surface area is 168 Å². The van der Waals surface area contributed by atoms with Crippen LogP contribution in [0.5, 0.6) is 0 Å². The van der Waals surface area contributed by atoms with Crippen LogP contribution >= 0.6 is 0 Å². The largest absolute Gasteiger partial charge is 0.349 e. The zero-order valence-corrected chi connectivity index (χ0v) is 18.2. The molecule has 1 aromatic rings. The molecule has 4 aliphatic rings. The van der Waals surface area contributed by atoms with Gasteiger partial charge in [-0.15, -0.1) is 0 Å². The van der Waals surface area contributed by atoms with Gasteiger partial charge in [-0.3, -0.25) is 9.10 Å². The summed E-state index contributed by atoms with van der Waals surface area (Å²) in [6, 6.07) is 4.78. The molecule has 0 heterocycles. The van der Waals surface area contributed by atoms with Crippen LogP contribution in [0.1, 0.15) is 56.6 Å². The number of aryl methyl sites for hydroxylation is 2. The van der Waals surface area contributed by atoms with Crippen LogP contribution in [0, 0.1) is 31.6 Å². The molecule has 0 aromatic heterocycles. The van der Waals surface area contributed by atoms with E-state index in [1.165, 1.54) is 29.8 Å². The summed E-state index contributed by atoms with van der Waals surface area (Å²) in [6.07, 6.45) is 8.27. The van der Waals surface area contributed by atoms with Gasteiger partial charge in [0.15, 0.2) is 0 Å². The van der Waals surface area contributed by atoms with E-state index in [1.807, 2.05) is 26.0 Å². The number of benzene rings is 1. The SMILES string of the molecule is Cc1ccc(N([C@@H](C)C(=O)NC23CC4CC(CC(C4)C2)C3)S(C)(=O)=O)cc1C. The zero-order chi connectivity index (χ0) is 20.3. The summed E-state index contributed by atoms with van der Waals surface area (Å²) in [4.78, 5) is 13.2. The van der Waals surface area contributed by atoms with Crippen LogP contribution in [0.15, 0.2) is 18.2 Å². The molecule has 0 aliphatic heterocycles. The minimum atomic E-state index is -3.59. The lowest BCUT2D eigenvalue weighted by Crippen LogP contribution is -2.62. The second kappa shape index (κ2) is 6.75. The Bertz CT molecular complexity index is 858. The standard InChI is InChI=1S/C22H32N2O3S/c1-14-5-6-20(7-15(14)2)24(28(4,26)27)16(3)21(25)23-22-11-17-8-18(12-22)10-19(9-17)13-22/h5-7,16-19H,8-13H2,1-4H3,(H,23,25)/t16-,17?,18?,19?,22?/m0/s1. The van der Waals surface area contributed by atoms with Gasteiger partial charge in [-0.05, 0) is 100 Å². The molecule has 1 atom stereocenters. The van der Waals surface area contributed by atoms with Gasteiger partial charge in [-0.2, -0.15) is 0 Å². The van der Waals surface area contributed by atoms with Crippen LogP contribution in [0.3, 0.4) is 0 Å². The van der Waals surface area contributed by atoms with Crippen LogP contribution in [-0.4, -0.2) is 32.2 Å². The summed E-state index contributed by atoms with van der Waals surface area (Å²) in [5, 5.41) is 3.33. The summed E-state index contributed by atoms with van der Waals surface area (Å²) in [5.41, 5.74) is 2.55. The zero-order valence-electron chi connectivity index (χ0n) is 17.4. The highest BCUT2D eigenvalue weighted by Gasteiger charge is 2.52. The van der Waals surface area contributed by atoms with E-state index in [-0.39, 0.29) is 11.4 Å². The molecule has 0 spiro atoms. The van der Waals surface area contributed by atoms with Crippen molar-refractivity contribution in [2.45, 2.75) is 70.9 Å². The van der Waals surface area contributed by atoms with Gasteiger partial charge in [0.2, 0.25) is 15.9 Å². The van der Waals surface area contributed by atoms with E-state index in [4.69, 9.17) is 0 Å². The molecule has 0 radical (unpaired) electrons. The number of rotatable bonds is 5. The first-order valence-electron chi connectivity index (χ1n) is 10.4. The number of hydrogen-bond acceptors (Lipinski definition) is 3. The highest BCUT2D eigenvalue weighted by Crippen LogP contribution is 2.55. The molecule has 5 rings (SSSR count). The van der Waals surface area contributed by atoms with E-state index >= 15 is 0 Å². The normalized spacial score (nSPS) is 32.2. The van der Waals surface area contributed by atoms with Gasteiger partial charge in [0.25, 0.3) is 0 Å². The molecular formula is C22H32N2O3S. The monoisotopic (exact) mass is 404 g/mol. The van der Waals surface area contributed by atoms with Crippen molar-refractivity contribution in [1.82, 2.24) is 5.32 Å². The Morgan fingerprint density at radius 1 is 1.07 bits per heavy atom. The van der Waals surface area contributed by atoms with E-state index in [0.717, 1.165) is 48.1 Å². The number of carbonyl (C=O) groups is 1. The Balaban J connectivity index is 1.58. The van der Waals surface area contributed by atoms with E-state index in [2.05, 4.69) is 5.32 Å². The maximum atomic E-state index is 13.2. The van der Waals surface area contributed by atoms with Crippen LogP contribution in [0.4, 0.5) is 5.69 Å². The van der Waals surface area contributed by atoms with Crippen molar-refractivity contribution in [3.05, 3.63) is 29.3 Å². The van der Waals surface area contributed by atoms with Crippen molar-refractivity contribution in [1.29, 1.82) is 0 Å². The second-order valence-electron chi connectivity index (χ2n) is 9.69. The number of nitrogens with one attached hydrogen (secondary N) is 1. The fourth-order valence-corrected chi connectivity index (χ4v) is 7.47. The Hall–Kier alpha value is -1.56. The molecule has 1 aromatic carbocycles. The summed E-state index contributed by atoms with van der Waals surface area (Å²) in [6.45, 7) is 5.65. The first-order valence-corrected chi connectivity index (χ1v) is 12.3. The average Bonchev–Trinajstić information content (AvgIpc) is 2.55. The maximum absolute atomic E-state index is 13.2. The molecule has 28 heavy (non-hydrogen) atoms. The number of hydrogen-bond donors (Lipinski definition) is 1. The number of sulfonamides is 1. The summed E-state index contributed by atoms with van der Waals surface area (Å²) in [7, 11) is -3.59. The van der Waals surface area contributed by atoms with Gasteiger partial charge < -0.3 is 5.32 Å². The molecule has 5 nitrogen and oxygen atoms in total. The lowest BCUT2D eigenvalue weighted by Gasteiger charge is -2.57. The minimum absolute atomic E-state index is 0.119. The van der Waals surface area contributed by atoms with Crippen molar-refractivity contribution in [3.8, 4) is 0 Å². The molecule has 6 heteroatoms. The fraction of sp³-hybridized carbons (Fsp3) is 0.682. The van der Waals surface area contributed by atoms with E-state index < -0.39 is 16.1 Å². The molecule has 1 N–H and O–H groups in total. The first-order chi connectivity index (χ1) is 13.1. The smallest absolute Gasteiger partial charge is 0.244 e. The summed E-state index contributed by atoms with van der Waals surface area (Å²) < 4.78 is 26.4. The number of anilines is 1. The topological polar surface area (TPSA) is 66.5 Å². The van der Waals surface area contributed by atoms with Gasteiger partial charge in [0.1, 0.15) is 6.04 Å². The van der Waals surface area contributed by atoms with Gasteiger partial charge in [0, 0.05) is 5.54 Å². The molecule has 4 aliphatic carbocycles. The summed E-state index contributed by atoms with van der Waals surface area (Å²) >= 11 is 0. The maximum Gasteiger partial charge on any atom is 0.244 e. The van der Waals surface area contributed by atoms with Gasteiger partial charge >= 0.3 is 0 Å². The Morgan fingerprint density at radius 2 is 1.61 bits per heavy atom. The van der Waals surface area contributed by atoms with Crippen LogP contribution < -0.4 is 9.62 Å². The van der Waals surface area contributed by atoms with Crippen LogP contribution in [0.2, 0.25) is 0 Å². The predicted molar refractivity (Wildman–Crippen MR) is 112 cm³/mol. The van der Waals surface area contributed by atoms with Crippen LogP contribution in [-0.2, 0) is 14.8 Å². The quantitative estimate of drug-likeness (QED) is 0.816. The lowest BCUT2D eigenvalue weighted by atomic mass is 9.53. The van der Waals surface area contributed by atoms with E-state index in [0.29, 0.717) is 5.69 Å². The van der Waals surface area contributed by atoms with Crippen molar-refractivity contribution in [3.63, 3.8) is 0 Å². The molecular weight excluding hydrogens is 372 g/mol. The number of nitrogens with zero attached hydrogens (tertiary/aromatic N) is 1. The molecule has 4 fully saturated rings. The third-order valence-electron chi connectivity index (χ3n) is 7.26. The minimum Gasteiger partial charge on any atom is -0.349 e. The molecule has 0 unspecified atom stereocenters. The molecule has 4 saturated carbocycles. The highest BCUT2D eigenvalue weighted by molar-refractivity contribution is 7.92. The average molecular weight is 405 g/mol. The van der Waals surface area contributed by atoms with E-state index in [1.54, 1.807) is 13.0 Å². The van der Waals surface area contributed by atoms with Gasteiger partial charge in [-0.1, -0.05) is 6.07 Å². The van der Waals surface area contributed by atoms with Crippen molar-refractivity contribution < 1.29 is 13.2 Å². The third-order valence-corrected chi connectivity index (χ3v) is 8.50. The molecule has 1 amide bonds.